The lowest BCUT2D eigenvalue weighted by Gasteiger charge is -2.53. The van der Waals surface area contributed by atoms with E-state index >= 15 is 0 Å². The summed E-state index contributed by atoms with van der Waals surface area (Å²) >= 11 is 3.37. The average Bonchev–Trinajstić information content (AvgIpc) is 2.72. The van der Waals surface area contributed by atoms with E-state index in [0.717, 1.165) is 0 Å². The molecule has 1 aromatic rings. The minimum Gasteiger partial charge on any atom is -0.508 e. The number of hydrogen-bond donors (Lipinski definition) is 6. The first-order chi connectivity index (χ1) is 15.3. The number of likely N-dealkylation sites (N-methyl/N-ethyl adjacent to an activating group) is 1. The van der Waals surface area contributed by atoms with Crippen LogP contribution in [-0.4, -0.2) is 79.7 Å². The molecule has 6 atom stereocenters. The molecule has 0 heterocycles. The van der Waals surface area contributed by atoms with Crippen LogP contribution in [0.5, 0.6) is 5.75 Å². The van der Waals surface area contributed by atoms with Gasteiger partial charge in [0.1, 0.15) is 22.8 Å². The third kappa shape index (κ3) is 2.79. The monoisotopic (exact) mass is 522 g/mol. The normalized spacial score (nSPS) is 33.7. The third-order valence-electron chi connectivity index (χ3n) is 7.05. The standard InChI is InChI=1S/C22H23BrN2O8/c1-6-9-7(23)4-5-8(26)11(9)16(27)12-10(6)17(28)14-15(25(2)3)18(29)13(21(24)32)20(31)22(14,33)19(12)30/h4-6,10,14-15,17,26-28,31,33H,1-3H3,(H2,24,32)/t6-,10+,14+,15-,17-,22-/m1/s1. The quantitative estimate of drug-likeness (QED) is 0.296. The van der Waals surface area contributed by atoms with Gasteiger partial charge in [-0.05, 0) is 37.7 Å². The number of fused-ring (bicyclic) bond motifs is 3. The van der Waals surface area contributed by atoms with E-state index in [-0.39, 0.29) is 11.3 Å². The average molecular weight is 523 g/mol. The Kier molecular flexibility index (Phi) is 5.25. The number of nitrogens with two attached hydrogens (primary N) is 1. The summed E-state index contributed by atoms with van der Waals surface area (Å²) in [6.07, 6.45) is -1.62. The maximum atomic E-state index is 13.7. The van der Waals surface area contributed by atoms with E-state index < -0.39 is 75.6 Å². The first-order valence-electron chi connectivity index (χ1n) is 10.1. The summed E-state index contributed by atoms with van der Waals surface area (Å²) in [5, 5.41) is 55.3. The zero-order valence-corrected chi connectivity index (χ0v) is 19.5. The van der Waals surface area contributed by atoms with E-state index in [1.807, 2.05) is 0 Å². The molecule has 1 amide bonds. The Morgan fingerprint density at radius 3 is 2.33 bits per heavy atom. The molecule has 7 N–H and O–H groups in total. The number of aliphatic hydroxyl groups excluding tert-OH is 3. The van der Waals surface area contributed by atoms with Gasteiger partial charge in [-0.15, -0.1) is 0 Å². The number of rotatable bonds is 2. The lowest BCUT2D eigenvalue weighted by molar-refractivity contribution is -0.169. The van der Waals surface area contributed by atoms with Crippen LogP contribution >= 0.6 is 15.9 Å². The Labute approximate surface area is 196 Å². The summed E-state index contributed by atoms with van der Waals surface area (Å²) in [6.45, 7) is 1.67. The molecule has 4 rings (SSSR count). The highest BCUT2D eigenvalue weighted by Gasteiger charge is 2.68. The van der Waals surface area contributed by atoms with Crippen LogP contribution in [0.4, 0.5) is 0 Å². The number of carbonyl (C=O) groups excluding carboxylic acids is 3. The Bertz CT molecular complexity index is 1190. The number of aromatic hydroxyl groups is 1. The topological polar surface area (TPSA) is 182 Å². The second-order valence-corrected chi connectivity index (χ2v) is 9.76. The lowest BCUT2D eigenvalue weighted by atomic mass is 9.54. The van der Waals surface area contributed by atoms with E-state index in [4.69, 9.17) is 5.73 Å². The third-order valence-corrected chi connectivity index (χ3v) is 7.75. The summed E-state index contributed by atoms with van der Waals surface area (Å²) in [5.74, 6) is -9.05. The Morgan fingerprint density at radius 2 is 1.79 bits per heavy atom. The number of phenols is 1. The molecule has 11 heteroatoms. The molecule has 0 spiro atoms. The van der Waals surface area contributed by atoms with Crippen molar-refractivity contribution in [1.29, 1.82) is 0 Å². The summed E-state index contributed by atoms with van der Waals surface area (Å²) in [7, 11) is 2.91. The number of aliphatic hydroxyl groups is 4. The largest absolute Gasteiger partial charge is 0.508 e. The predicted molar refractivity (Wildman–Crippen MR) is 118 cm³/mol. The fourth-order valence-corrected chi connectivity index (χ4v) is 6.34. The molecule has 176 valence electrons. The first kappa shape index (κ1) is 23.4. The SMILES string of the molecule is C[C@@H]1c2c(Br)ccc(O)c2C(O)=C2C(=O)[C@@]3(O)C(O)=C(C(N)=O)C(=O)[C@H](N(C)C)[C@H]3[C@H](O)[C@H]21. The van der Waals surface area contributed by atoms with Crippen molar-refractivity contribution in [2.45, 2.75) is 30.6 Å². The summed E-state index contributed by atoms with van der Waals surface area (Å²) in [5.41, 5.74) is 1.37. The van der Waals surface area contributed by atoms with E-state index in [2.05, 4.69) is 15.9 Å². The highest BCUT2D eigenvalue weighted by molar-refractivity contribution is 9.10. The van der Waals surface area contributed by atoms with E-state index in [1.165, 1.54) is 25.1 Å². The molecule has 0 aromatic heterocycles. The number of Topliss-reactive ketones (excluding diaryl/α,β-unsaturated/α-hetero) is 2. The summed E-state index contributed by atoms with van der Waals surface area (Å²) < 4.78 is 0.511. The van der Waals surface area contributed by atoms with Gasteiger partial charge in [0.05, 0.1) is 23.6 Å². The van der Waals surface area contributed by atoms with Crippen molar-refractivity contribution < 1.29 is 39.9 Å². The Balaban J connectivity index is 2.08. The number of benzene rings is 1. The van der Waals surface area contributed by atoms with E-state index in [0.29, 0.717) is 10.0 Å². The van der Waals surface area contributed by atoms with Gasteiger partial charge >= 0.3 is 0 Å². The number of carbonyl (C=O) groups is 3. The van der Waals surface area contributed by atoms with Crippen molar-refractivity contribution in [3.63, 3.8) is 0 Å². The van der Waals surface area contributed by atoms with Gasteiger partial charge in [0, 0.05) is 16.0 Å². The Morgan fingerprint density at radius 1 is 1.18 bits per heavy atom. The van der Waals surface area contributed by atoms with Crippen molar-refractivity contribution in [2.75, 3.05) is 14.1 Å². The number of amides is 1. The molecule has 0 bridgehead atoms. The molecule has 33 heavy (non-hydrogen) atoms. The van der Waals surface area contributed by atoms with Crippen molar-refractivity contribution >= 4 is 39.2 Å². The maximum absolute atomic E-state index is 13.7. The summed E-state index contributed by atoms with van der Waals surface area (Å²) in [6, 6.07) is 1.48. The molecule has 0 radical (unpaired) electrons. The van der Waals surface area contributed by atoms with Gasteiger partial charge in [0.25, 0.3) is 5.91 Å². The van der Waals surface area contributed by atoms with Crippen LogP contribution in [0.1, 0.15) is 24.0 Å². The van der Waals surface area contributed by atoms with Gasteiger partial charge in [0.15, 0.2) is 11.4 Å². The van der Waals surface area contributed by atoms with Crippen LogP contribution in [0.3, 0.4) is 0 Å². The molecule has 10 nitrogen and oxygen atoms in total. The van der Waals surface area contributed by atoms with Gasteiger partial charge in [0.2, 0.25) is 5.78 Å². The molecular formula is C22H23BrN2O8. The maximum Gasteiger partial charge on any atom is 0.255 e. The van der Waals surface area contributed by atoms with Crippen molar-refractivity contribution in [2.24, 2.45) is 17.6 Å². The van der Waals surface area contributed by atoms with Gasteiger partial charge in [-0.3, -0.25) is 19.3 Å². The van der Waals surface area contributed by atoms with Crippen molar-refractivity contribution in [1.82, 2.24) is 4.90 Å². The highest BCUT2D eigenvalue weighted by atomic mass is 79.9. The minimum absolute atomic E-state index is 0.0552. The Hall–Kier alpha value is -2.73. The molecule has 0 unspecified atom stereocenters. The minimum atomic E-state index is -2.91. The number of ketones is 2. The lowest BCUT2D eigenvalue weighted by Crippen LogP contribution is -2.70. The smallest absolute Gasteiger partial charge is 0.255 e. The van der Waals surface area contributed by atoms with Crippen molar-refractivity contribution in [3.05, 3.63) is 44.6 Å². The predicted octanol–water partition coefficient (Wildman–Crippen LogP) is 0.258. The number of phenolic OH excluding ortho intramolecular Hbond substituents is 1. The van der Waals surface area contributed by atoms with Crippen LogP contribution in [0, 0.1) is 11.8 Å². The van der Waals surface area contributed by atoms with Crippen LogP contribution in [0.25, 0.3) is 5.76 Å². The van der Waals surface area contributed by atoms with Crippen molar-refractivity contribution in [3.8, 4) is 5.75 Å². The zero-order chi connectivity index (χ0) is 24.7. The fourth-order valence-electron chi connectivity index (χ4n) is 5.64. The summed E-state index contributed by atoms with van der Waals surface area (Å²) in [4.78, 5) is 40.1. The van der Waals surface area contributed by atoms with Crippen LogP contribution < -0.4 is 5.73 Å². The van der Waals surface area contributed by atoms with E-state index in [9.17, 15) is 39.9 Å². The first-order valence-corrected chi connectivity index (χ1v) is 10.9. The molecule has 1 aromatic carbocycles. The number of hydrogen-bond acceptors (Lipinski definition) is 9. The van der Waals surface area contributed by atoms with Gasteiger partial charge in [-0.2, -0.15) is 0 Å². The zero-order valence-electron chi connectivity index (χ0n) is 17.9. The molecular weight excluding hydrogens is 500 g/mol. The highest BCUT2D eigenvalue weighted by Crippen LogP contribution is 2.57. The molecule has 1 saturated carbocycles. The van der Waals surface area contributed by atoms with Gasteiger partial charge in [-0.1, -0.05) is 22.9 Å². The van der Waals surface area contributed by atoms with Crippen LogP contribution in [0.15, 0.2) is 33.5 Å². The van der Waals surface area contributed by atoms with Gasteiger partial charge < -0.3 is 31.3 Å². The molecule has 0 saturated heterocycles. The second kappa shape index (κ2) is 7.39. The van der Waals surface area contributed by atoms with Gasteiger partial charge in [-0.25, -0.2) is 0 Å². The van der Waals surface area contributed by atoms with Crippen LogP contribution in [0.2, 0.25) is 0 Å². The molecule has 3 aliphatic rings. The number of primary amides is 1. The van der Waals surface area contributed by atoms with Crippen LogP contribution in [-0.2, 0) is 14.4 Å². The number of halogens is 1. The molecule has 0 aliphatic heterocycles. The fraction of sp³-hybridized carbons (Fsp3) is 0.409. The second-order valence-electron chi connectivity index (χ2n) is 8.90. The number of nitrogens with zero attached hydrogens (tertiary/aromatic N) is 1. The molecule has 1 fully saturated rings. The van der Waals surface area contributed by atoms with E-state index in [1.54, 1.807) is 13.0 Å². The molecule has 3 aliphatic carbocycles.